The van der Waals surface area contributed by atoms with Crippen LogP contribution >= 0.6 is 0 Å². The summed E-state index contributed by atoms with van der Waals surface area (Å²) in [6.45, 7) is 8.25. The molecule has 0 aliphatic carbocycles. The molecule has 2 rings (SSSR count). The van der Waals surface area contributed by atoms with E-state index in [9.17, 15) is 19.5 Å². The second-order valence-electron chi connectivity index (χ2n) is 8.29. The Morgan fingerprint density at radius 3 is 1.84 bits per heavy atom. The molecular formula is C22H34N4O5. The molecule has 1 aromatic carbocycles. The third-order valence-electron chi connectivity index (χ3n) is 5.17. The highest BCUT2D eigenvalue weighted by molar-refractivity contribution is 5.94. The van der Waals surface area contributed by atoms with Gasteiger partial charge in [0, 0.05) is 50.9 Å². The number of carboxylic acid groups (broad SMARTS) is 2. The molecule has 0 bridgehead atoms. The third kappa shape index (κ3) is 9.46. The molecule has 0 unspecified atom stereocenters. The standard InChI is InChI=1S/C22H34N4O5/c1-17(2)23-22(31)19-6-4-18(5-7-19)14-24-8-3-9-25(15-20(27)28)11-13-26(12-10-24)16-21(29)30/h4-7,17H,3,8-16H2,1-2H3,(H,23,31)(H,27,28)(H,29,30). The summed E-state index contributed by atoms with van der Waals surface area (Å²) >= 11 is 0. The summed E-state index contributed by atoms with van der Waals surface area (Å²) in [5, 5.41) is 21.2. The number of rotatable bonds is 8. The van der Waals surface area contributed by atoms with E-state index in [2.05, 4.69) is 10.2 Å². The molecule has 31 heavy (non-hydrogen) atoms. The highest BCUT2D eigenvalue weighted by Crippen LogP contribution is 2.10. The molecule has 9 nitrogen and oxygen atoms in total. The van der Waals surface area contributed by atoms with Crippen molar-refractivity contribution in [1.29, 1.82) is 0 Å². The van der Waals surface area contributed by atoms with Crippen molar-refractivity contribution in [3.8, 4) is 0 Å². The minimum absolute atomic E-state index is 0.0409. The smallest absolute Gasteiger partial charge is 0.317 e. The highest BCUT2D eigenvalue weighted by atomic mass is 16.4. The van der Waals surface area contributed by atoms with Crippen LogP contribution in [0.2, 0.25) is 0 Å². The zero-order chi connectivity index (χ0) is 22.8. The molecule has 1 heterocycles. The summed E-state index contributed by atoms with van der Waals surface area (Å²) in [6.07, 6.45) is 0.834. The van der Waals surface area contributed by atoms with Gasteiger partial charge in [-0.3, -0.25) is 29.1 Å². The van der Waals surface area contributed by atoms with Gasteiger partial charge in [0.25, 0.3) is 5.91 Å². The number of aliphatic carboxylic acids is 2. The Morgan fingerprint density at radius 1 is 0.839 bits per heavy atom. The highest BCUT2D eigenvalue weighted by Gasteiger charge is 2.18. The van der Waals surface area contributed by atoms with Crippen LogP contribution in [0, 0.1) is 0 Å². The van der Waals surface area contributed by atoms with Gasteiger partial charge in [-0.1, -0.05) is 12.1 Å². The average Bonchev–Trinajstić information content (AvgIpc) is 2.68. The maximum atomic E-state index is 12.1. The molecule has 1 aliphatic rings. The molecule has 1 aliphatic heterocycles. The van der Waals surface area contributed by atoms with Crippen LogP contribution in [0.25, 0.3) is 0 Å². The SMILES string of the molecule is CC(C)NC(=O)c1ccc(CN2CCCN(CC(=O)O)CCN(CC(=O)O)CC2)cc1. The molecule has 1 aromatic rings. The van der Waals surface area contributed by atoms with Gasteiger partial charge in [0.05, 0.1) is 13.1 Å². The maximum absolute atomic E-state index is 12.1. The van der Waals surface area contributed by atoms with E-state index in [-0.39, 0.29) is 25.0 Å². The third-order valence-corrected chi connectivity index (χ3v) is 5.17. The van der Waals surface area contributed by atoms with Crippen molar-refractivity contribution in [3.63, 3.8) is 0 Å². The number of hydrogen-bond donors (Lipinski definition) is 3. The largest absolute Gasteiger partial charge is 0.480 e. The van der Waals surface area contributed by atoms with Crippen molar-refractivity contribution in [2.24, 2.45) is 0 Å². The van der Waals surface area contributed by atoms with Crippen molar-refractivity contribution < 1.29 is 24.6 Å². The minimum Gasteiger partial charge on any atom is -0.480 e. The van der Waals surface area contributed by atoms with Crippen LogP contribution in [0.5, 0.6) is 0 Å². The van der Waals surface area contributed by atoms with E-state index in [0.717, 1.165) is 25.1 Å². The van der Waals surface area contributed by atoms with Crippen molar-refractivity contribution >= 4 is 17.8 Å². The van der Waals surface area contributed by atoms with Crippen LogP contribution in [-0.4, -0.2) is 101 Å². The summed E-state index contributed by atoms with van der Waals surface area (Å²) < 4.78 is 0. The van der Waals surface area contributed by atoms with Gasteiger partial charge in [0.15, 0.2) is 0 Å². The molecule has 0 spiro atoms. The molecule has 9 heteroatoms. The number of carboxylic acids is 2. The fourth-order valence-electron chi connectivity index (χ4n) is 3.64. The summed E-state index contributed by atoms with van der Waals surface area (Å²) in [5.74, 6) is -1.85. The number of nitrogens with zero attached hydrogens (tertiary/aromatic N) is 3. The first-order valence-corrected chi connectivity index (χ1v) is 10.7. The van der Waals surface area contributed by atoms with Gasteiger partial charge in [-0.05, 0) is 44.5 Å². The Balaban J connectivity index is 2.02. The number of carbonyl (C=O) groups is 3. The molecule has 0 aromatic heterocycles. The van der Waals surface area contributed by atoms with Crippen LogP contribution in [0.3, 0.4) is 0 Å². The van der Waals surface area contributed by atoms with Crippen LogP contribution in [0.4, 0.5) is 0 Å². The van der Waals surface area contributed by atoms with Crippen molar-refractivity contribution in [2.75, 3.05) is 52.4 Å². The van der Waals surface area contributed by atoms with Crippen LogP contribution in [-0.2, 0) is 16.1 Å². The Labute approximate surface area is 183 Å². The quantitative estimate of drug-likeness (QED) is 0.551. The van der Waals surface area contributed by atoms with Gasteiger partial charge in [-0.15, -0.1) is 0 Å². The fourth-order valence-corrected chi connectivity index (χ4v) is 3.64. The van der Waals surface area contributed by atoms with Crippen LogP contribution in [0.15, 0.2) is 24.3 Å². The summed E-state index contributed by atoms with van der Waals surface area (Å²) in [6, 6.07) is 7.61. The van der Waals surface area contributed by atoms with Gasteiger partial charge in [-0.25, -0.2) is 0 Å². The summed E-state index contributed by atoms with van der Waals surface area (Å²) in [5.41, 5.74) is 1.70. The molecule has 0 radical (unpaired) electrons. The number of benzene rings is 1. The van der Waals surface area contributed by atoms with E-state index in [0.29, 0.717) is 38.3 Å². The van der Waals surface area contributed by atoms with Crippen LogP contribution < -0.4 is 5.32 Å². The Kier molecular flexibility index (Phi) is 9.90. The summed E-state index contributed by atoms with van der Waals surface area (Å²) in [7, 11) is 0. The van der Waals surface area contributed by atoms with E-state index in [1.54, 1.807) is 0 Å². The van der Waals surface area contributed by atoms with E-state index < -0.39 is 11.9 Å². The molecule has 0 saturated carbocycles. The Bertz CT molecular complexity index is 738. The van der Waals surface area contributed by atoms with Crippen molar-refractivity contribution in [3.05, 3.63) is 35.4 Å². The van der Waals surface area contributed by atoms with Gasteiger partial charge >= 0.3 is 11.9 Å². The molecule has 1 saturated heterocycles. The lowest BCUT2D eigenvalue weighted by atomic mass is 10.1. The minimum atomic E-state index is -0.886. The van der Waals surface area contributed by atoms with E-state index in [1.165, 1.54) is 0 Å². The van der Waals surface area contributed by atoms with Gasteiger partial charge < -0.3 is 15.5 Å². The molecule has 3 N–H and O–H groups in total. The maximum Gasteiger partial charge on any atom is 0.317 e. The van der Waals surface area contributed by atoms with Crippen molar-refractivity contribution in [2.45, 2.75) is 32.9 Å². The summed E-state index contributed by atoms with van der Waals surface area (Å²) in [4.78, 5) is 40.4. The predicted molar refractivity (Wildman–Crippen MR) is 117 cm³/mol. The molecular weight excluding hydrogens is 400 g/mol. The number of hydrogen-bond acceptors (Lipinski definition) is 6. The first kappa shape index (κ1) is 24.8. The first-order valence-electron chi connectivity index (χ1n) is 10.7. The number of amides is 1. The molecule has 1 fully saturated rings. The van der Waals surface area contributed by atoms with Crippen molar-refractivity contribution in [1.82, 2.24) is 20.0 Å². The molecule has 0 atom stereocenters. The number of carbonyl (C=O) groups excluding carboxylic acids is 1. The lowest BCUT2D eigenvalue weighted by Crippen LogP contribution is -2.45. The topological polar surface area (TPSA) is 113 Å². The van der Waals surface area contributed by atoms with Crippen LogP contribution in [0.1, 0.15) is 36.2 Å². The number of nitrogens with one attached hydrogen (secondary N) is 1. The van der Waals surface area contributed by atoms with Gasteiger partial charge in [-0.2, -0.15) is 0 Å². The zero-order valence-corrected chi connectivity index (χ0v) is 18.4. The zero-order valence-electron chi connectivity index (χ0n) is 18.4. The monoisotopic (exact) mass is 434 g/mol. The average molecular weight is 435 g/mol. The Morgan fingerprint density at radius 2 is 1.32 bits per heavy atom. The molecule has 172 valence electrons. The first-order chi connectivity index (χ1) is 14.7. The molecule has 1 amide bonds. The Hall–Kier alpha value is -2.49. The second-order valence-corrected chi connectivity index (χ2v) is 8.29. The van der Waals surface area contributed by atoms with E-state index in [4.69, 9.17) is 5.11 Å². The van der Waals surface area contributed by atoms with E-state index in [1.807, 2.05) is 47.9 Å². The lowest BCUT2D eigenvalue weighted by Gasteiger charge is -2.31. The predicted octanol–water partition coefficient (Wildman–Crippen LogP) is 0.804. The van der Waals surface area contributed by atoms with Gasteiger partial charge in [0.2, 0.25) is 0 Å². The lowest BCUT2D eigenvalue weighted by molar-refractivity contribution is -0.140. The van der Waals surface area contributed by atoms with Gasteiger partial charge in [0.1, 0.15) is 0 Å². The normalized spacial score (nSPS) is 17.4. The fraction of sp³-hybridized carbons (Fsp3) is 0.591. The van der Waals surface area contributed by atoms with E-state index >= 15 is 0 Å². The second kappa shape index (κ2) is 12.4.